The highest BCUT2D eigenvalue weighted by Gasteiger charge is 2.26. The van der Waals surface area contributed by atoms with E-state index in [1.807, 2.05) is 0 Å². The van der Waals surface area contributed by atoms with E-state index in [2.05, 4.69) is 5.32 Å². The Kier molecular flexibility index (Phi) is 3.19. The first-order valence-electron chi connectivity index (χ1n) is 5.39. The SMILES string of the molecule is O[C@@H]1CCC[C@@H]1NC[C@@H]1CCCO1. The lowest BCUT2D eigenvalue weighted by Crippen LogP contribution is -2.39. The van der Waals surface area contributed by atoms with Gasteiger partial charge in [-0.15, -0.1) is 0 Å². The summed E-state index contributed by atoms with van der Waals surface area (Å²) in [6, 6.07) is 0.323. The average molecular weight is 185 g/mol. The summed E-state index contributed by atoms with van der Waals surface area (Å²) in [5.74, 6) is 0. The molecule has 3 nitrogen and oxygen atoms in total. The molecule has 2 fully saturated rings. The Bertz CT molecular complexity index is 157. The molecule has 0 radical (unpaired) electrons. The van der Waals surface area contributed by atoms with Gasteiger partial charge in [-0.2, -0.15) is 0 Å². The lowest BCUT2D eigenvalue weighted by Gasteiger charge is -2.18. The third kappa shape index (κ3) is 2.42. The van der Waals surface area contributed by atoms with Crippen molar-refractivity contribution >= 4 is 0 Å². The van der Waals surface area contributed by atoms with E-state index in [0.29, 0.717) is 12.1 Å². The maximum atomic E-state index is 9.56. The average Bonchev–Trinajstić information content (AvgIpc) is 2.72. The Balaban J connectivity index is 1.66. The molecule has 3 heteroatoms. The fraction of sp³-hybridized carbons (Fsp3) is 1.00. The minimum Gasteiger partial charge on any atom is -0.392 e. The molecule has 1 saturated carbocycles. The van der Waals surface area contributed by atoms with Crippen LogP contribution in [0.15, 0.2) is 0 Å². The maximum Gasteiger partial charge on any atom is 0.0700 e. The van der Waals surface area contributed by atoms with Crippen LogP contribution in [0.3, 0.4) is 0 Å². The van der Waals surface area contributed by atoms with Crippen molar-refractivity contribution in [2.45, 2.75) is 50.4 Å². The van der Waals surface area contributed by atoms with Crippen LogP contribution in [0.2, 0.25) is 0 Å². The van der Waals surface area contributed by atoms with Crippen molar-refractivity contribution in [1.29, 1.82) is 0 Å². The summed E-state index contributed by atoms with van der Waals surface area (Å²) in [6.45, 7) is 1.83. The number of hydrogen-bond acceptors (Lipinski definition) is 3. The number of ether oxygens (including phenoxy) is 1. The summed E-state index contributed by atoms with van der Waals surface area (Å²) in [5, 5.41) is 13.0. The smallest absolute Gasteiger partial charge is 0.0700 e. The van der Waals surface area contributed by atoms with Crippen LogP contribution in [-0.4, -0.2) is 36.5 Å². The summed E-state index contributed by atoms with van der Waals surface area (Å²) in [6.07, 6.45) is 5.88. The zero-order chi connectivity index (χ0) is 9.10. The molecule has 2 rings (SSSR count). The summed E-state index contributed by atoms with van der Waals surface area (Å²) >= 11 is 0. The lowest BCUT2D eigenvalue weighted by atomic mass is 10.2. The van der Waals surface area contributed by atoms with E-state index >= 15 is 0 Å². The third-order valence-electron chi connectivity index (χ3n) is 3.11. The van der Waals surface area contributed by atoms with Gasteiger partial charge in [-0.25, -0.2) is 0 Å². The molecule has 1 heterocycles. The Morgan fingerprint density at radius 1 is 1.23 bits per heavy atom. The van der Waals surface area contributed by atoms with Crippen molar-refractivity contribution in [2.75, 3.05) is 13.2 Å². The molecule has 0 aromatic heterocycles. The lowest BCUT2D eigenvalue weighted by molar-refractivity contribution is 0.0952. The molecule has 0 aromatic rings. The Labute approximate surface area is 79.5 Å². The van der Waals surface area contributed by atoms with Crippen molar-refractivity contribution in [2.24, 2.45) is 0 Å². The topological polar surface area (TPSA) is 41.5 Å². The summed E-state index contributed by atoms with van der Waals surface area (Å²) < 4.78 is 5.50. The highest BCUT2D eigenvalue weighted by molar-refractivity contribution is 4.83. The number of aliphatic hydroxyl groups is 1. The maximum absolute atomic E-state index is 9.56. The largest absolute Gasteiger partial charge is 0.392 e. The van der Waals surface area contributed by atoms with Gasteiger partial charge in [0.05, 0.1) is 12.2 Å². The van der Waals surface area contributed by atoms with Crippen LogP contribution in [-0.2, 0) is 4.74 Å². The van der Waals surface area contributed by atoms with Gasteiger partial charge in [-0.05, 0) is 32.1 Å². The molecule has 0 aromatic carbocycles. The Hall–Kier alpha value is -0.120. The molecule has 76 valence electrons. The van der Waals surface area contributed by atoms with E-state index < -0.39 is 0 Å². The van der Waals surface area contributed by atoms with Gasteiger partial charge in [0.2, 0.25) is 0 Å². The van der Waals surface area contributed by atoms with Gasteiger partial charge >= 0.3 is 0 Å². The molecule has 0 unspecified atom stereocenters. The van der Waals surface area contributed by atoms with E-state index in [-0.39, 0.29) is 6.10 Å². The van der Waals surface area contributed by atoms with Crippen LogP contribution < -0.4 is 5.32 Å². The van der Waals surface area contributed by atoms with Crippen LogP contribution in [0, 0.1) is 0 Å². The first-order valence-corrected chi connectivity index (χ1v) is 5.39. The van der Waals surface area contributed by atoms with Gasteiger partial charge in [0.1, 0.15) is 0 Å². The van der Waals surface area contributed by atoms with E-state index in [1.54, 1.807) is 0 Å². The summed E-state index contributed by atoms with van der Waals surface area (Å²) in [5.41, 5.74) is 0. The van der Waals surface area contributed by atoms with Gasteiger partial charge in [0.25, 0.3) is 0 Å². The van der Waals surface area contributed by atoms with Gasteiger partial charge in [-0.1, -0.05) is 0 Å². The van der Waals surface area contributed by atoms with Crippen LogP contribution >= 0.6 is 0 Å². The second-order valence-electron chi connectivity index (χ2n) is 4.15. The van der Waals surface area contributed by atoms with Crippen molar-refractivity contribution in [3.05, 3.63) is 0 Å². The predicted octanol–water partition coefficient (Wildman–Crippen LogP) is 0.668. The van der Waals surface area contributed by atoms with Crippen LogP contribution in [0.25, 0.3) is 0 Å². The minimum atomic E-state index is -0.124. The van der Waals surface area contributed by atoms with Crippen LogP contribution in [0.5, 0.6) is 0 Å². The molecule has 0 bridgehead atoms. The molecule has 2 N–H and O–H groups in total. The fourth-order valence-electron chi connectivity index (χ4n) is 2.27. The highest BCUT2D eigenvalue weighted by atomic mass is 16.5. The predicted molar refractivity (Wildman–Crippen MR) is 50.6 cm³/mol. The number of aliphatic hydroxyl groups excluding tert-OH is 1. The molecule has 2 aliphatic rings. The molecular formula is C10H19NO2. The highest BCUT2D eigenvalue weighted by Crippen LogP contribution is 2.19. The van der Waals surface area contributed by atoms with E-state index in [4.69, 9.17) is 4.74 Å². The first-order chi connectivity index (χ1) is 6.36. The van der Waals surface area contributed by atoms with Gasteiger partial charge in [0.15, 0.2) is 0 Å². The summed E-state index contributed by atoms with van der Waals surface area (Å²) in [4.78, 5) is 0. The molecule has 1 aliphatic heterocycles. The van der Waals surface area contributed by atoms with Gasteiger partial charge in [0, 0.05) is 19.2 Å². The van der Waals surface area contributed by atoms with Gasteiger partial charge in [-0.3, -0.25) is 0 Å². The summed E-state index contributed by atoms with van der Waals surface area (Å²) in [7, 11) is 0. The quantitative estimate of drug-likeness (QED) is 0.679. The Morgan fingerprint density at radius 2 is 2.15 bits per heavy atom. The van der Waals surface area contributed by atoms with Crippen molar-refractivity contribution < 1.29 is 9.84 Å². The Morgan fingerprint density at radius 3 is 2.77 bits per heavy atom. The zero-order valence-electron chi connectivity index (χ0n) is 8.04. The zero-order valence-corrected chi connectivity index (χ0v) is 8.04. The second-order valence-corrected chi connectivity index (χ2v) is 4.15. The van der Waals surface area contributed by atoms with Crippen molar-refractivity contribution in [1.82, 2.24) is 5.32 Å². The molecule has 0 amide bonds. The van der Waals surface area contributed by atoms with Crippen molar-refractivity contribution in [3.8, 4) is 0 Å². The van der Waals surface area contributed by atoms with E-state index in [9.17, 15) is 5.11 Å². The number of hydrogen-bond donors (Lipinski definition) is 2. The second kappa shape index (κ2) is 4.40. The molecule has 1 saturated heterocycles. The normalized spacial score (nSPS) is 39.9. The minimum absolute atomic E-state index is 0.124. The van der Waals surface area contributed by atoms with E-state index in [0.717, 1.165) is 32.4 Å². The monoisotopic (exact) mass is 185 g/mol. The molecule has 3 atom stereocenters. The molecule has 13 heavy (non-hydrogen) atoms. The van der Waals surface area contributed by atoms with E-state index in [1.165, 1.54) is 12.8 Å². The number of rotatable bonds is 3. The van der Waals surface area contributed by atoms with Gasteiger partial charge < -0.3 is 15.2 Å². The number of nitrogens with one attached hydrogen (secondary N) is 1. The van der Waals surface area contributed by atoms with Crippen molar-refractivity contribution in [3.63, 3.8) is 0 Å². The molecular weight excluding hydrogens is 166 g/mol. The fourth-order valence-corrected chi connectivity index (χ4v) is 2.27. The van der Waals surface area contributed by atoms with Crippen LogP contribution in [0.4, 0.5) is 0 Å². The molecule has 1 aliphatic carbocycles. The first kappa shape index (κ1) is 9.44. The standard InChI is InChI=1S/C10H19NO2/c12-10-5-1-4-9(10)11-7-8-3-2-6-13-8/h8-12H,1-7H2/t8-,9-,10+/m0/s1. The van der Waals surface area contributed by atoms with Crippen LogP contribution in [0.1, 0.15) is 32.1 Å². The molecule has 0 spiro atoms. The third-order valence-corrected chi connectivity index (χ3v) is 3.11.